The lowest BCUT2D eigenvalue weighted by Gasteiger charge is -2.45. The highest BCUT2D eigenvalue weighted by molar-refractivity contribution is 7.99. The number of piperazine rings is 2. The number of carbonyl (C=O) groups excluding carboxylic acids is 1. The second kappa shape index (κ2) is 13.1. The van der Waals surface area contributed by atoms with Crippen LogP contribution >= 0.6 is 23.4 Å². The van der Waals surface area contributed by atoms with Crippen LogP contribution in [0.1, 0.15) is 32.4 Å². The molecule has 0 bridgehead atoms. The van der Waals surface area contributed by atoms with Crippen LogP contribution in [0.3, 0.4) is 0 Å². The number of amides is 1. The molecule has 0 saturated carbocycles. The number of benzene rings is 2. The van der Waals surface area contributed by atoms with Gasteiger partial charge in [0.2, 0.25) is 5.91 Å². The SMILES string of the molecule is C=CC(=O)N1C[C@H](C)N(c2nc(=O)n3c4c(c(-c5ccc(F)c(Cl)c5)c(C(F)(F)F)cc24)SC[C@@H]3CN2CCN(CC)CC2)C[C@H]1C. The van der Waals surface area contributed by atoms with Gasteiger partial charge in [-0.05, 0) is 50.2 Å². The summed E-state index contributed by atoms with van der Waals surface area (Å²) in [5, 5.41) is -0.0881. The molecule has 0 aliphatic carbocycles. The van der Waals surface area contributed by atoms with Crippen molar-refractivity contribution < 1.29 is 22.4 Å². The molecular weight excluding hydrogens is 656 g/mol. The fourth-order valence-electron chi connectivity index (χ4n) is 7.04. The lowest BCUT2D eigenvalue weighted by Crippen LogP contribution is -2.58. The van der Waals surface area contributed by atoms with Crippen LogP contribution in [0.5, 0.6) is 0 Å². The molecule has 6 rings (SSSR count). The Hall–Kier alpha value is -3.13. The second-order valence-corrected chi connectivity index (χ2v) is 13.9. The Morgan fingerprint density at radius 1 is 1.11 bits per heavy atom. The minimum atomic E-state index is -4.79. The summed E-state index contributed by atoms with van der Waals surface area (Å²) in [7, 11) is 0. The van der Waals surface area contributed by atoms with Gasteiger partial charge < -0.3 is 14.7 Å². The van der Waals surface area contributed by atoms with Crippen molar-refractivity contribution in [1.82, 2.24) is 24.3 Å². The molecule has 0 unspecified atom stereocenters. The third kappa shape index (κ3) is 6.27. The molecule has 3 atom stereocenters. The van der Waals surface area contributed by atoms with Crippen LogP contribution < -0.4 is 10.6 Å². The molecule has 2 aromatic carbocycles. The van der Waals surface area contributed by atoms with Crippen molar-refractivity contribution in [3.8, 4) is 11.1 Å². The van der Waals surface area contributed by atoms with Gasteiger partial charge in [0, 0.05) is 79.5 Å². The fourth-order valence-corrected chi connectivity index (χ4v) is 8.55. The van der Waals surface area contributed by atoms with Crippen molar-refractivity contribution in [3.63, 3.8) is 0 Å². The molecule has 2 saturated heterocycles. The average molecular weight is 693 g/mol. The third-order valence-corrected chi connectivity index (χ3v) is 11.1. The first-order valence-electron chi connectivity index (χ1n) is 15.7. The number of nitrogens with zero attached hydrogens (tertiary/aromatic N) is 6. The summed E-state index contributed by atoms with van der Waals surface area (Å²) in [5.41, 5.74) is -1.11. The van der Waals surface area contributed by atoms with Crippen LogP contribution in [0, 0.1) is 5.82 Å². The maximum Gasteiger partial charge on any atom is 0.417 e. The van der Waals surface area contributed by atoms with E-state index in [0.717, 1.165) is 44.9 Å². The summed E-state index contributed by atoms with van der Waals surface area (Å²) >= 11 is 7.36. The van der Waals surface area contributed by atoms with E-state index < -0.39 is 23.2 Å². The van der Waals surface area contributed by atoms with Crippen molar-refractivity contribution in [1.29, 1.82) is 0 Å². The van der Waals surface area contributed by atoms with Crippen molar-refractivity contribution >= 4 is 46.0 Å². The lowest BCUT2D eigenvalue weighted by molar-refractivity contribution is -0.137. The predicted octanol–water partition coefficient (Wildman–Crippen LogP) is 5.77. The molecule has 8 nitrogen and oxygen atoms in total. The molecule has 1 amide bonds. The molecule has 0 N–H and O–H groups in total. The number of likely N-dealkylation sites (N-methyl/N-ethyl adjacent to an activating group) is 1. The van der Waals surface area contributed by atoms with Gasteiger partial charge in [0.05, 0.1) is 22.1 Å². The first-order valence-corrected chi connectivity index (χ1v) is 17.1. The van der Waals surface area contributed by atoms with Crippen molar-refractivity contribution in [2.24, 2.45) is 0 Å². The molecule has 14 heteroatoms. The normalized spacial score (nSPS) is 22.6. The number of aromatic nitrogens is 2. The zero-order chi connectivity index (χ0) is 33.8. The minimum Gasteiger partial charge on any atom is -0.349 e. The molecular formula is C33H37ClF4N6O2S. The van der Waals surface area contributed by atoms with E-state index in [-0.39, 0.29) is 69.4 Å². The number of thioether (sulfide) groups is 1. The molecule has 47 heavy (non-hydrogen) atoms. The molecule has 252 valence electrons. The minimum absolute atomic E-state index is 0.109. The van der Waals surface area contributed by atoms with Gasteiger partial charge in [-0.25, -0.2) is 9.18 Å². The molecule has 0 radical (unpaired) electrons. The first-order chi connectivity index (χ1) is 22.3. The van der Waals surface area contributed by atoms with Crippen LogP contribution in [-0.4, -0.2) is 100 Å². The summed E-state index contributed by atoms with van der Waals surface area (Å²) in [4.78, 5) is 39.6. The summed E-state index contributed by atoms with van der Waals surface area (Å²) in [6.07, 6.45) is -3.55. The highest BCUT2D eigenvalue weighted by Crippen LogP contribution is 2.50. The molecule has 3 aliphatic rings. The second-order valence-electron chi connectivity index (χ2n) is 12.5. The number of anilines is 1. The van der Waals surface area contributed by atoms with Crippen LogP contribution in [0.4, 0.5) is 23.4 Å². The Bertz CT molecular complexity index is 1780. The molecule has 1 aromatic heterocycles. The molecule has 3 aromatic rings. The monoisotopic (exact) mass is 692 g/mol. The molecule has 2 fully saturated rings. The van der Waals surface area contributed by atoms with E-state index in [9.17, 15) is 14.0 Å². The van der Waals surface area contributed by atoms with Crippen LogP contribution in [-0.2, 0) is 11.0 Å². The van der Waals surface area contributed by atoms with Crippen molar-refractivity contribution in [2.75, 3.05) is 63.0 Å². The van der Waals surface area contributed by atoms with Gasteiger partial charge in [0.15, 0.2) is 0 Å². The first kappa shape index (κ1) is 33.8. The third-order valence-electron chi connectivity index (χ3n) is 9.54. The molecule has 4 heterocycles. The van der Waals surface area contributed by atoms with Crippen molar-refractivity contribution in [3.05, 3.63) is 63.8 Å². The fraction of sp³-hybridized carbons (Fsp3) is 0.485. The maximum absolute atomic E-state index is 15.0. The van der Waals surface area contributed by atoms with E-state index in [4.69, 9.17) is 11.6 Å². The van der Waals surface area contributed by atoms with Gasteiger partial charge >= 0.3 is 11.9 Å². The van der Waals surface area contributed by atoms with Gasteiger partial charge in [0.1, 0.15) is 11.6 Å². The Morgan fingerprint density at radius 3 is 2.45 bits per heavy atom. The smallest absolute Gasteiger partial charge is 0.349 e. The Kier molecular flexibility index (Phi) is 9.38. The van der Waals surface area contributed by atoms with E-state index in [1.54, 1.807) is 9.47 Å². The Morgan fingerprint density at radius 2 is 1.81 bits per heavy atom. The van der Waals surface area contributed by atoms with Crippen LogP contribution in [0.15, 0.2) is 46.6 Å². The van der Waals surface area contributed by atoms with E-state index in [1.807, 2.05) is 18.7 Å². The lowest BCUT2D eigenvalue weighted by atomic mass is 9.95. The largest absolute Gasteiger partial charge is 0.417 e. The summed E-state index contributed by atoms with van der Waals surface area (Å²) in [6.45, 7) is 14.9. The number of alkyl halides is 3. The van der Waals surface area contributed by atoms with Gasteiger partial charge in [-0.1, -0.05) is 31.2 Å². The molecule has 0 spiro atoms. The number of hydrogen-bond donors (Lipinski definition) is 0. The highest BCUT2D eigenvalue weighted by atomic mass is 35.5. The van der Waals surface area contributed by atoms with E-state index in [1.165, 1.54) is 30.0 Å². The van der Waals surface area contributed by atoms with Crippen LogP contribution in [0.2, 0.25) is 5.02 Å². The summed E-state index contributed by atoms with van der Waals surface area (Å²) in [6, 6.07) is 3.62. The van der Waals surface area contributed by atoms with Gasteiger partial charge in [-0.2, -0.15) is 18.2 Å². The topological polar surface area (TPSA) is 64.9 Å². The quantitative estimate of drug-likeness (QED) is 0.240. The van der Waals surface area contributed by atoms with E-state index in [2.05, 4.69) is 28.3 Å². The maximum atomic E-state index is 15.0. The number of hydrogen-bond acceptors (Lipinski definition) is 7. The van der Waals surface area contributed by atoms with Gasteiger partial charge in [-0.15, -0.1) is 11.8 Å². The Balaban J connectivity index is 1.57. The Labute approximate surface area is 279 Å². The number of carbonyl (C=O) groups is 1. The number of rotatable bonds is 6. The summed E-state index contributed by atoms with van der Waals surface area (Å²) < 4.78 is 60.8. The van der Waals surface area contributed by atoms with Gasteiger partial charge in [0.25, 0.3) is 0 Å². The van der Waals surface area contributed by atoms with E-state index in [0.29, 0.717) is 17.8 Å². The van der Waals surface area contributed by atoms with Gasteiger partial charge in [-0.3, -0.25) is 14.3 Å². The number of halogens is 5. The van der Waals surface area contributed by atoms with Crippen LogP contribution in [0.25, 0.3) is 22.0 Å². The van der Waals surface area contributed by atoms with E-state index >= 15 is 13.2 Å². The van der Waals surface area contributed by atoms with Crippen molar-refractivity contribution in [2.45, 2.75) is 50.0 Å². The standard InChI is InChI=1S/C33H37ClF4N6O2S/c1-5-27(45)42-15-20(4)43(16-19(42)3)31-23-14-24(33(36,37)38)28(21-7-8-26(35)25(34)13-21)30-29(23)44(32(46)39-31)22(18-47-30)17-41-11-9-40(6-2)10-12-41/h5,7-8,13-14,19-20,22H,1,6,9-12,15-18H2,2-4H3/t19-,20+,22+/m1/s1. The zero-order valence-corrected chi connectivity index (χ0v) is 28.1. The summed E-state index contributed by atoms with van der Waals surface area (Å²) in [5.74, 6) is -0.472. The predicted molar refractivity (Wildman–Crippen MR) is 178 cm³/mol. The molecule has 3 aliphatic heterocycles. The zero-order valence-electron chi connectivity index (χ0n) is 26.5. The average Bonchev–Trinajstić information content (AvgIpc) is 3.04. The highest BCUT2D eigenvalue weighted by Gasteiger charge is 2.41.